The Hall–Kier alpha value is -1.03. The van der Waals surface area contributed by atoms with Gasteiger partial charge in [-0.15, -0.1) is 0 Å². The average Bonchev–Trinajstić information content (AvgIpc) is 2.81. The molecule has 2 rings (SSSR count). The minimum Gasteiger partial charge on any atom is -0.483 e. The van der Waals surface area contributed by atoms with Gasteiger partial charge in [-0.3, -0.25) is 0 Å². The third kappa shape index (κ3) is 2.55. The van der Waals surface area contributed by atoms with Gasteiger partial charge in [0.2, 0.25) is 0 Å². The van der Waals surface area contributed by atoms with Gasteiger partial charge in [-0.05, 0) is 29.0 Å². The second-order valence-electron chi connectivity index (χ2n) is 3.33. The van der Waals surface area contributed by atoms with Crippen LogP contribution in [0.5, 0.6) is 5.75 Å². The second kappa shape index (κ2) is 5.34. The molecule has 0 saturated heterocycles. The smallest absolute Gasteiger partial charge is 0.138 e. The topological polar surface area (TPSA) is 35.2 Å². The number of ether oxygens (including phenoxy) is 1. The first-order valence-electron chi connectivity index (χ1n) is 4.94. The van der Waals surface area contributed by atoms with Crippen LogP contribution in [-0.2, 0) is 0 Å². The third-order valence-electron chi connectivity index (χ3n) is 2.23. The van der Waals surface area contributed by atoms with E-state index < -0.39 is 0 Å². The zero-order valence-electron chi connectivity index (χ0n) is 8.60. The zero-order valence-corrected chi connectivity index (χ0v) is 10.2. The minimum absolute atomic E-state index is 0.133. The summed E-state index contributed by atoms with van der Waals surface area (Å²) >= 11 is 7.65. The molecule has 1 aromatic heterocycles. The number of rotatable bonds is 4. The molecule has 2 nitrogen and oxygen atoms in total. The fourth-order valence-corrected chi connectivity index (χ4v) is 2.29. The van der Waals surface area contributed by atoms with Crippen molar-refractivity contribution in [1.82, 2.24) is 0 Å². The Labute approximate surface area is 104 Å². The molecule has 0 amide bonds. The van der Waals surface area contributed by atoms with E-state index >= 15 is 0 Å². The molecule has 2 aromatic rings. The van der Waals surface area contributed by atoms with Gasteiger partial charge in [0, 0.05) is 12.1 Å². The predicted octanol–water partition coefficient (Wildman–Crippen LogP) is 3.48. The van der Waals surface area contributed by atoms with E-state index in [-0.39, 0.29) is 6.10 Å². The van der Waals surface area contributed by atoms with E-state index in [0.717, 1.165) is 5.56 Å². The quantitative estimate of drug-likeness (QED) is 0.906. The standard InChI is InChI=1S/C12H12ClNOS/c13-10-3-1-2-4-11(10)15-12(7-14)9-5-6-16-8-9/h1-6,8,12H,7,14H2. The first-order valence-corrected chi connectivity index (χ1v) is 6.26. The van der Waals surface area contributed by atoms with Gasteiger partial charge in [0.25, 0.3) is 0 Å². The van der Waals surface area contributed by atoms with E-state index in [2.05, 4.69) is 0 Å². The zero-order chi connectivity index (χ0) is 11.4. The Morgan fingerprint density at radius 1 is 1.31 bits per heavy atom. The maximum Gasteiger partial charge on any atom is 0.138 e. The van der Waals surface area contributed by atoms with Crippen molar-refractivity contribution in [2.24, 2.45) is 5.73 Å². The van der Waals surface area contributed by atoms with Crippen LogP contribution in [0.15, 0.2) is 41.1 Å². The van der Waals surface area contributed by atoms with Crippen LogP contribution in [0, 0.1) is 0 Å². The van der Waals surface area contributed by atoms with Crippen molar-refractivity contribution in [3.63, 3.8) is 0 Å². The molecular weight excluding hydrogens is 242 g/mol. The summed E-state index contributed by atoms with van der Waals surface area (Å²) in [5, 5.41) is 4.65. The molecule has 0 fully saturated rings. The van der Waals surface area contributed by atoms with Crippen molar-refractivity contribution in [3.05, 3.63) is 51.7 Å². The number of nitrogens with two attached hydrogens (primary N) is 1. The molecular formula is C12H12ClNOS. The van der Waals surface area contributed by atoms with Crippen LogP contribution < -0.4 is 10.5 Å². The van der Waals surface area contributed by atoms with E-state index in [1.54, 1.807) is 17.4 Å². The Kier molecular flexibility index (Phi) is 3.83. The molecule has 1 atom stereocenters. The van der Waals surface area contributed by atoms with Crippen LogP contribution in [0.3, 0.4) is 0 Å². The van der Waals surface area contributed by atoms with Crippen molar-refractivity contribution in [3.8, 4) is 5.75 Å². The monoisotopic (exact) mass is 253 g/mol. The number of benzene rings is 1. The summed E-state index contributed by atoms with van der Waals surface area (Å²) in [6, 6.07) is 9.42. The van der Waals surface area contributed by atoms with Gasteiger partial charge in [-0.1, -0.05) is 23.7 Å². The van der Waals surface area contributed by atoms with E-state index in [1.165, 1.54) is 0 Å². The lowest BCUT2D eigenvalue weighted by atomic mass is 10.2. The number of hydrogen-bond acceptors (Lipinski definition) is 3. The fraction of sp³-hybridized carbons (Fsp3) is 0.167. The molecule has 0 saturated carbocycles. The molecule has 0 bridgehead atoms. The first kappa shape index (κ1) is 11.5. The van der Waals surface area contributed by atoms with E-state index in [0.29, 0.717) is 17.3 Å². The summed E-state index contributed by atoms with van der Waals surface area (Å²) in [6.07, 6.45) is -0.133. The van der Waals surface area contributed by atoms with Gasteiger partial charge in [0.1, 0.15) is 11.9 Å². The molecule has 1 unspecified atom stereocenters. The van der Waals surface area contributed by atoms with Gasteiger partial charge >= 0.3 is 0 Å². The second-order valence-corrected chi connectivity index (χ2v) is 4.52. The lowest BCUT2D eigenvalue weighted by Crippen LogP contribution is -2.17. The average molecular weight is 254 g/mol. The fourth-order valence-electron chi connectivity index (χ4n) is 1.40. The molecule has 2 N–H and O–H groups in total. The highest BCUT2D eigenvalue weighted by atomic mass is 35.5. The van der Waals surface area contributed by atoms with Gasteiger partial charge in [-0.25, -0.2) is 0 Å². The van der Waals surface area contributed by atoms with Crippen LogP contribution in [0.1, 0.15) is 11.7 Å². The first-order chi connectivity index (χ1) is 7.81. The van der Waals surface area contributed by atoms with Crippen LogP contribution in [-0.4, -0.2) is 6.54 Å². The highest BCUT2D eigenvalue weighted by Gasteiger charge is 2.13. The molecule has 16 heavy (non-hydrogen) atoms. The highest BCUT2D eigenvalue weighted by Crippen LogP contribution is 2.28. The van der Waals surface area contributed by atoms with Crippen molar-refractivity contribution in [1.29, 1.82) is 0 Å². The lowest BCUT2D eigenvalue weighted by molar-refractivity contribution is 0.215. The number of thiophene rings is 1. The summed E-state index contributed by atoms with van der Waals surface area (Å²) in [5.74, 6) is 0.672. The van der Waals surface area contributed by atoms with Crippen molar-refractivity contribution < 1.29 is 4.74 Å². The summed E-state index contributed by atoms with van der Waals surface area (Å²) in [5.41, 5.74) is 6.79. The summed E-state index contributed by atoms with van der Waals surface area (Å²) in [7, 11) is 0. The molecule has 0 aliphatic carbocycles. The largest absolute Gasteiger partial charge is 0.483 e. The van der Waals surface area contributed by atoms with Gasteiger partial charge < -0.3 is 10.5 Å². The summed E-state index contributed by atoms with van der Waals surface area (Å²) < 4.78 is 5.79. The van der Waals surface area contributed by atoms with E-state index in [4.69, 9.17) is 22.1 Å². The van der Waals surface area contributed by atoms with Crippen molar-refractivity contribution in [2.75, 3.05) is 6.54 Å². The van der Waals surface area contributed by atoms with Crippen LogP contribution in [0.2, 0.25) is 5.02 Å². The van der Waals surface area contributed by atoms with Gasteiger partial charge in [-0.2, -0.15) is 11.3 Å². The molecule has 1 aromatic carbocycles. The third-order valence-corrected chi connectivity index (χ3v) is 3.25. The van der Waals surface area contributed by atoms with Gasteiger partial charge in [0.05, 0.1) is 5.02 Å². The van der Waals surface area contributed by atoms with Crippen LogP contribution in [0.25, 0.3) is 0 Å². The van der Waals surface area contributed by atoms with Gasteiger partial charge in [0.15, 0.2) is 0 Å². The molecule has 1 heterocycles. The molecule has 0 spiro atoms. The summed E-state index contributed by atoms with van der Waals surface area (Å²) in [6.45, 7) is 0.432. The Morgan fingerprint density at radius 3 is 2.75 bits per heavy atom. The maximum absolute atomic E-state index is 6.02. The normalized spacial score (nSPS) is 12.4. The summed E-state index contributed by atoms with van der Waals surface area (Å²) in [4.78, 5) is 0. The van der Waals surface area contributed by atoms with E-state index in [9.17, 15) is 0 Å². The number of halogens is 1. The van der Waals surface area contributed by atoms with Crippen LogP contribution >= 0.6 is 22.9 Å². The number of hydrogen-bond donors (Lipinski definition) is 1. The lowest BCUT2D eigenvalue weighted by Gasteiger charge is -2.17. The SMILES string of the molecule is NCC(Oc1ccccc1Cl)c1ccsc1. The minimum atomic E-state index is -0.133. The van der Waals surface area contributed by atoms with Crippen molar-refractivity contribution >= 4 is 22.9 Å². The Balaban J connectivity index is 2.17. The Bertz CT molecular complexity index is 444. The molecule has 0 aliphatic rings. The molecule has 0 aliphatic heterocycles. The maximum atomic E-state index is 6.02. The molecule has 84 valence electrons. The molecule has 0 radical (unpaired) electrons. The molecule has 4 heteroatoms. The van der Waals surface area contributed by atoms with E-state index in [1.807, 2.05) is 35.0 Å². The Morgan fingerprint density at radius 2 is 2.12 bits per heavy atom. The highest BCUT2D eigenvalue weighted by molar-refractivity contribution is 7.07. The predicted molar refractivity (Wildman–Crippen MR) is 68.2 cm³/mol. The van der Waals surface area contributed by atoms with Crippen LogP contribution in [0.4, 0.5) is 0 Å². The number of para-hydroxylation sites is 1. The van der Waals surface area contributed by atoms with Crippen molar-refractivity contribution in [2.45, 2.75) is 6.10 Å².